The Hall–Kier alpha value is -2.68. The van der Waals surface area contributed by atoms with Crippen LogP contribution in [0, 0.1) is 11.8 Å². The number of carbonyl (C=O) groups excluding carboxylic acids is 1. The first-order valence-corrected chi connectivity index (χ1v) is 15.2. The Bertz CT molecular complexity index is 1400. The van der Waals surface area contributed by atoms with E-state index in [1.165, 1.54) is 0 Å². The summed E-state index contributed by atoms with van der Waals surface area (Å²) in [6.07, 6.45) is 4.48. The molecule has 8 heteroatoms. The van der Waals surface area contributed by atoms with Crippen LogP contribution in [0.25, 0.3) is 22.2 Å². The lowest BCUT2D eigenvalue weighted by Gasteiger charge is -2.40. The van der Waals surface area contributed by atoms with Gasteiger partial charge in [-0.1, -0.05) is 36.4 Å². The molecule has 1 aliphatic carbocycles. The Morgan fingerprint density at radius 3 is 2.39 bits per heavy atom. The molecule has 1 saturated heterocycles. The van der Waals surface area contributed by atoms with Crippen molar-refractivity contribution < 1.29 is 18.3 Å². The summed E-state index contributed by atoms with van der Waals surface area (Å²) in [5.41, 5.74) is 2.20. The molecule has 1 aromatic heterocycles. The van der Waals surface area contributed by atoms with Crippen LogP contribution >= 0.6 is 0 Å². The Balaban J connectivity index is 1.23. The van der Waals surface area contributed by atoms with Crippen molar-refractivity contribution in [3.63, 3.8) is 0 Å². The maximum absolute atomic E-state index is 13.3. The minimum atomic E-state index is -3.69. The minimum absolute atomic E-state index is 0.0764. The van der Waals surface area contributed by atoms with Gasteiger partial charge >= 0.3 is 0 Å². The fourth-order valence-electron chi connectivity index (χ4n) is 6.12. The van der Waals surface area contributed by atoms with Crippen molar-refractivity contribution in [2.24, 2.45) is 18.9 Å². The van der Waals surface area contributed by atoms with E-state index in [9.17, 15) is 18.3 Å². The summed E-state index contributed by atoms with van der Waals surface area (Å²) in [6.45, 7) is 4.98. The zero-order chi connectivity index (χ0) is 27.1. The number of piperidine rings is 1. The number of aromatic nitrogens is 1. The number of amides is 1. The van der Waals surface area contributed by atoms with E-state index in [0.29, 0.717) is 32.2 Å². The Morgan fingerprint density at radius 1 is 1.00 bits per heavy atom. The summed E-state index contributed by atoms with van der Waals surface area (Å²) in [7, 11) is -1.73. The number of carbonyl (C=O) groups is 1. The number of nitrogens with zero attached hydrogens (tertiary/aromatic N) is 2. The number of benzene rings is 2. The maximum Gasteiger partial charge on any atom is 0.240 e. The van der Waals surface area contributed by atoms with Gasteiger partial charge in [-0.2, -0.15) is 0 Å². The molecule has 1 amide bonds. The van der Waals surface area contributed by atoms with Crippen LogP contribution in [-0.2, 0) is 21.9 Å². The lowest BCUT2D eigenvalue weighted by atomic mass is 9.82. The second-order valence-electron chi connectivity index (χ2n) is 11.6. The van der Waals surface area contributed by atoms with E-state index in [0.717, 1.165) is 41.5 Å². The number of fused-ring (bicyclic) bond motifs is 1. The molecular weight excluding hydrogens is 498 g/mol. The van der Waals surface area contributed by atoms with E-state index >= 15 is 0 Å². The summed E-state index contributed by atoms with van der Waals surface area (Å²) in [4.78, 5) is 15.4. The molecule has 1 atom stereocenters. The number of sulfonamides is 1. The molecule has 1 saturated carbocycles. The Morgan fingerprint density at radius 2 is 1.71 bits per heavy atom. The highest BCUT2D eigenvalue weighted by Gasteiger charge is 2.36. The van der Waals surface area contributed by atoms with Gasteiger partial charge in [0, 0.05) is 54.6 Å². The summed E-state index contributed by atoms with van der Waals surface area (Å²) >= 11 is 0. The van der Waals surface area contributed by atoms with E-state index in [-0.39, 0.29) is 28.7 Å². The lowest BCUT2D eigenvalue weighted by Crippen LogP contribution is -2.49. The van der Waals surface area contributed by atoms with Gasteiger partial charge in [0.2, 0.25) is 15.9 Å². The highest BCUT2D eigenvalue weighted by atomic mass is 32.2. The van der Waals surface area contributed by atoms with Crippen LogP contribution in [0.2, 0.25) is 0 Å². The molecule has 2 heterocycles. The second-order valence-corrected chi connectivity index (χ2v) is 13.3. The third kappa shape index (κ3) is 5.53. The SMILES string of the molecule is Cn1c(-c2ccccc2)cc2ccc(S(=O)(=O)N[C@H]3CC[C@H](C(=O)N4CCCC(C(C)(C)O)C4)CC3)cc21. The number of hydrogen-bond acceptors (Lipinski definition) is 4. The van der Waals surface area contributed by atoms with E-state index in [4.69, 9.17) is 0 Å². The van der Waals surface area contributed by atoms with Gasteiger partial charge in [-0.25, -0.2) is 13.1 Å². The monoisotopic (exact) mass is 537 g/mol. The standard InChI is InChI=1S/C30H39N3O4S/c1-30(2,35)24-10-7-17-33(20-24)29(34)22-11-14-25(15-12-22)31-38(36,37)26-16-13-23-18-27(32(3)28(23)19-26)21-8-5-4-6-9-21/h4-6,8-9,13,16,18-19,22,24-25,31,35H,7,10-12,14-15,17,20H2,1-3H3/t22-,24?,25-. The molecule has 2 aliphatic rings. The van der Waals surface area contributed by atoms with Gasteiger partial charge in [0.1, 0.15) is 0 Å². The largest absolute Gasteiger partial charge is 0.390 e. The molecule has 3 aromatic rings. The van der Waals surface area contributed by atoms with E-state index in [1.807, 2.05) is 66.8 Å². The number of hydrogen-bond donors (Lipinski definition) is 2. The summed E-state index contributed by atoms with van der Waals surface area (Å²) < 4.78 is 31.5. The van der Waals surface area contributed by atoms with Crippen molar-refractivity contribution in [2.45, 2.75) is 68.9 Å². The molecule has 2 aromatic carbocycles. The predicted molar refractivity (Wildman–Crippen MR) is 150 cm³/mol. The molecule has 1 unspecified atom stereocenters. The van der Waals surface area contributed by atoms with Crippen molar-refractivity contribution in [1.29, 1.82) is 0 Å². The molecule has 38 heavy (non-hydrogen) atoms. The van der Waals surface area contributed by atoms with Crippen molar-refractivity contribution in [3.8, 4) is 11.3 Å². The summed E-state index contributed by atoms with van der Waals surface area (Å²) in [5.74, 6) is 0.171. The normalized spacial score (nSPS) is 23.1. The third-order valence-corrected chi connectivity index (χ3v) is 10.0. The molecule has 204 valence electrons. The zero-order valence-electron chi connectivity index (χ0n) is 22.6. The molecule has 2 N–H and O–H groups in total. The first-order valence-electron chi connectivity index (χ1n) is 13.7. The quantitative estimate of drug-likeness (QED) is 0.477. The third-order valence-electron chi connectivity index (χ3n) is 8.53. The Labute approximate surface area is 225 Å². The Kier molecular flexibility index (Phi) is 7.42. The van der Waals surface area contributed by atoms with Crippen LogP contribution < -0.4 is 4.72 Å². The average molecular weight is 538 g/mol. The number of likely N-dealkylation sites (tertiary alicyclic amines) is 1. The average Bonchev–Trinajstić information content (AvgIpc) is 3.24. The fourth-order valence-corrected chi connectivity index (χ4v) is 7.45. The van der Waals surface area contributed by atoms with Crippen molar-refractivity contribution in [1.82, 2.24) is 14.2 Å². The van der Waals surface area contributed by atoms with Crippen LogP contribution in [0.1, 0.15) is 52.4 Å². The molecule has 0 spiro atoms. The number of aliphatic hydroxyl groups is 1. The molecule has 1 aliphatic heterocycles. The summed E-state index contributed by atoms with van der Waals surface area (Å²) in [6, 6.07) is 17.2. The molecular formula is C30H39N3O4S. The van der Waals surface area contributed by atoms with Gasteiger partial charge in [0.15, 0.2) is 0 Å². The van der Waals surface area contributed by atoms with Crippen LogP contribution in [0.5, 0.6) is 0 Å². The van der Waals surface area contributed by atoms with Gasteiger partial charge in [0.25, 0.3) is 0 Å². The highest BCUT2D eigenvalue weighted by molar-refractivity contribution is 7.89. The smallest absolute Gasteiger partial charge is 0.240 e. The van der Waals surface area contributed by atoms with Crippen molar-refractivity contribution in [2.75, 3.05) is 13.1 Å². The topological polar surface area (TPSA) is 91.6 Å². The van der Waals surface area contributed by atoms with E-state index in [1.54, 1.807) is 12.1 Å². The van der Waals surface area contributed by atoms with Gasteiger partial charge < -0.3 is 14.6 Å². The van der Waals surface area contributed by atoms with Crippen LogP contribution in [-0.4, -0.2) is 53.6 Å². The molecule has 0 radical (unpaired) electrons. The lowest BCUT2D eigenvalue weighted by molar-refractivity contribution is -0.140. The highest BCUT2D eigenvalue weighted by Crippen LogP contribution is 2.32. The van der Waals surface area contributed by atoms with Gasteiger partial charge in [-0.05, 0) is 76.1 Å². The predicted octanol–water partition coefficient (Wildman–Crippen LogP) is 4.69. The van der Waals surface area contributed by atoms with Gasteiger partial charge in [-0.15, -0.1) is 0 Å². The maximum atomic E-state index is 13.3. The van der Waals surface area contributed by atoms with Crippen molar-refractivity contribution >= 4 is 26.8 Å². The summed E-state index contributed by atoms with van der Waals surface area (Å²) in [5, 5.41) is 11.4. The number of nitrogens with one attached hydrogen (secondary N) is 1. The minimum Gasteiger partial charge on any atom is -0.390 e. The zero-order valence-corrected chi connectivity index (χ0v) is 23.4. The number of aryl methyl sites for hydroxylation is 1. The van der Waals surface area contributed by atoms with Crippen LogP contribution in [0.4, 0.5) is 0 Å². The fraction of sp³-hybridized carbons (Fsp3) is 0.500. The molecule has 2 fully saturated rings. The van der Waals surface area contributed by atoms with E-state index < -0.39 is 15.6 Å². The molecule has 7 nitrogen and oxygen atoms in total. The van der Waals surface area contributed by atoms with Gasteiger partial charge in [0.05, 0.1) is 10.5 Å². The van der Waals surface area contributed by atoms with Crippen LogP contribution in [0.3, 0.4) is 0 Å². The van der Waals surface area contributed by atoms with Crippen molar-refractivity contribution in [3.05, 3.63) is 54.6 Å². The molecule has 0 bridgehead atoms. The first kappa shape index (κ1) is 26.9. The first-order chi connectivity index (χ1) is 18.0. The van der Waals surface area contributed by atoms with E-state index in [2.05, 4.69) is 10.8 Å². The number of rotatable bonds is 6. The second kappa shape index (κ2) is 10.5. The van der Waals surface area contributed by atoms with Crippen LogP contribution in [0.15, 0.2) is 59.5 Å². The molecule has 5 rings (SSSR count). The van der Waals surface area contributed by atoms with Gasteiger partial charge in [-0.3, -0.25) is 4.79 Å².